The van der Waals surface area contributed by atoms with E-state index in [0.29, 0.717) is 6.54 Å². The molecule has 2 rings (SSSR count). The second-order valence-corrected chi connectivity index (χ2v) is 6.83. The average Bonchev–Trinajstić information content (AvgIpc) is 2.58. The van der Waals surface area contributed by atoms with Gasteiger partial charge in [0, 0.05) is 35.7 Å². The molecule has 0 radical (unpaired) electrons. The molecule has 0 saturated carbocycles. The summed E-state index contributed by atoms with van der Waals surface area (Å²) >= 11 is 2.08. The molecular formula is C13H22N2OS. The fraction of sp³-hybridized carbons (Fsp3) is 0.692. The number of rotatable bonds is 3. The molecule has 1 aromatic heterocycles. The molecule has 3 nitrogen and oxygen atoms in total. The van der Waals surface area contributed by atoms with E-state index < -0.39 is 0 Å². The summed E-state index contributed by atoms with van der Waals surface area (Å²) in [7, 11) is 0. The van der Waals surface area contributed by atoms with E-state index in [9.17, 15) is 0 Å². The lowest BCUT2D eigenvalue weighted by molar-refractivity contribution is 0.261. The summed E-state index contributed by atoms with van der Waals surface area (Å²) in [6, 6.07) is 2.10. The van der Waals surface area contributed by atoms with Gasteiger partial charge >= 0.3 is 0 Å². The van der Waals surface area contributed by atoms with Gasteiger partial charge in [0.2, 0.25) is 0 Å². The number of aryl methyl sites for hydroxylation is 1. The quantitative estimate of drug-likeness (QED) is 0.899. The van der Waals surface area contributed by atoms with Crippen LogP contribution in [0.2, 0.25) is 0 Å². The van der Waals surface area contributed by atoms with Gasteiger partial charge in [-0.3, -0.25) is 4.90 Å². The zero-order valence-electron chi connectivity index (χ0n) is 10.9. The lowest BCUT2D eigenvalue weighted by Crippen LogP contribution is -2.39. The predicted molar refractivity (Wildman–Crippen MR) is 73.1 cm³/mol. The molecule has 4 heteroatoms. The van der Waals surface area contributed by atoms with Gasteiger partial charge in [0.1, 0.15) is 11.5 Å². The molecule has 17 heavy (non-hydrogen) atoms. The van der Waals surface area contributed by atoms with Crippen LogP contribution in [-0.2, 0) is 13.1 Å². The second-order valence-electron chi connectivity index (χ2n) is 4.95. The van der Waals surface area contributed by atoms with Crippen LogP contribution in [-0.4, -0.2) is 28.5 Å². The van der Waals surface area contributed by atoms with Crippen molar-refractivity contribution in [3.05, 3.63) is 23.2 Å². The zero-order chi connectivity index (χ0) is 12.4. The summed E-state index contributed by atoms with van der Waals surface area (Å²) in [6.07, 6.45) is 0. The lowest BCUT2D eigenvalue weighted by atomic mass is 10.2. The van der Waals surface area contributed by atoms with Gasteiger partial charge < -0.3 is 10.2 Å². The van der Waals surface area contributed by atoms with Crippen molar-refractivity contribution in [1.29, 1.82) is 0 Å². The highest BCUT2D eigenvalue weighted by Gasteiger charge is 2.23. The van der Waals surface area contributed by atoms with E-state index in [1.807, 2.05) is 6.92 Å². The van der Waals surface area contributed by atoms with Gasteiger partial charge in [0.25, 0.3) is 0 Å². The zero-order valence-corrected chi connectivity index (χ0v) is 11.7. The number of nitrogens with two attached hydrogens (primary N) is 1. The predicted octanol–water partition coefficient (Wildman–Crippen LogP) is 2.37. The summed E-state index contributed by atoms with van der Waals surface area (Å²) in [5, 5.41) is 1.44. The SMILES string of the molecule is Cc1oc(CN)cc1CN1CC(C)SC(C)C1. The normalized spacial score (nSPS) is 26.4. The Morgan fingerprint density at radius 3 is 2.59 bits per heavy atom. The van der Waals surface area contributed by atoms with Crippen LogP contribution in [0.25, 0.3) is 0 Å². The van der Waals surface area contributed by atoms with Crippen LogP contribution in [0.3, 0.4) is 0 Å². The van der Waals surface area contributed by atoms with Crippen LogP contribution in [0.4, 0.5) is 0 Å². The minimum Gasteiger partial charge on any atom is -0.465 e. The highest BCUT2D eigenvalue weighted by atomic mass is 32.2. The van der Waals surface area contributed by atoms with Crippen molar-refractivity contribution in [2.24, 2.45) is 5.73 Å². The van der Waals surface area contributed by atoms with Gasteiger partial charge in [-0.1, -0.05) is 13.8 Å². The van der Waals surface area contributed by atoms with Crippen LogP contribution in [0.1, 0.15) is 30.9 Å². The first-order valence-electron chi connectivity index (χ1n) is 6.24. The molecule has 0 amide bonds. The minimum absolute atomic E-state index is 0.490. The molecule has 1 aromatic rings. The van der Waals surface area contributed by atoms with E-state index in [1.165, 1.54) is 5.56 Å². The molecule has 2 N–H and O–H groups in total. The summed E-state index contributed by atoms with van der Waals surface area (Å²) in [5.74, 6) is 1.91. The summed E-state index contributed by atoms with van der Waals surface area (Å²) in [4.78, 5) is 2.52. The molecule has 96 valence electrons. The van der Waals surface area contributed by atoms with E-state index in [1.54, 1.807) is 0 Å². The standard InChI is InChI=1S/C13H22N2OS/c1-9-6-15(7-10(2)17-9)8-12-4-13(5-14)16-11(12)3/h4,9-10H,5-8,14H2,1-3H3. The summed E-state index contributed by atoms with van der Waals surface area (Å²) < 4.78 is 5.60. The average molecular weight is 254 g/mol. The van der Waals surface area contributed by atoms with Crippen molar-refractivity contribution in [3.63, 3.8) is 0 Å². The van der Waals surface area contributed by atoms with Crippen molar-refractivity contribution in [2.75, 3.05) is 13.1 Å². The third-order valence-corrected chi connectivity index (χ3v) is 4.39. The van der Waals surface area contributed by atoms with Crippen LogP contribution >= 0.6 is 11.8 Å². The molecule has 0 bridgehead atoms. The first-order valence-corrected chi connectivity index (χ1v) is 7.19. The summed E-state index contributed by atoms with van der Waals surface area (Å²) in [6.45, 7) is 10.4. The fourth-order valence-electron chi connectivity index (χ4n) is 2.50. The molecule has 0 aromatic carbocycles. The van der Waals surface area contributed by atoms with Gasteiger partial charge in [0.15, 0.2) is 0 Å². The van der Waals surface area contributed by atoms with Crippen LogP contribution in [0.15, 0.2) is 10.5 Å². The maximum atomic E-state index is 5.60. The largest absolute Gasteiger partial charge is 0.465 e. The van der Waals surface area contributed by atoms with Gasteiger partial charge in [-0.2, -0.15) is 11.8 Å². The maximum absolute atomic E-state index is 5.60. The van der Waals surface area contributed by atoms with E-state index in [2.05, 4.69) is 36.6 Å². The molecule has 0 spiro atoms. The Hall–Kier alpha value is -0.450. The molecular weight excluding hydrogens is 232 g/mol. The highest BCUT2D eigenvalue weighted by molar-refractivity contribution is 8.00. The Bertz CT molecular complexity index is 367. The van der Waals surface area contributed by atoms with Gasteiger partial charge in [-0.15, -0.1) is 0 Å². The minimum atomic E-state index is 0.490. The molecule has 1 aliphatic heterocycles. The molecule has 1 saturated heterocycles. The van der Waals surface area contributed by atoms with Crippen molar-refractivity contribution in [2.45, 2.75) is 44.4 Å². The van der Waals surface area contributed by atoms with Crippen LogP contribution < -0.4 is 5.73 Å². The monoisotopic (exact) mass is 254 g/mol. The number of hydrogen-bond donors (Lipinski definition) is 1. The Balaban J connectivity index is 2.01. The van der Waals surface area contributed by atoms with Crippen LogP contribution in [0.5, 0.6) is 0 Å². The first kappa shape index (κ1) is 13.0. The van der Waals surface area contributed by atoms with Gasteiger partial charge in [-0.25, -0.2) is 0 Å². The number of hydrogen-bond acceptors (Lipinski definition) is 4. The molecule has 2 atom stereocenters. The third kappa shape index (κ3) is 3.27. The van der Waals surface area contributed by atoms with Gasteiger partial charge in [0.05, 0.1) is 6.54 Å². The maximum Gasteiger partial charge on any atom is 0.118 e. The molecule has 2 heterocycles. The van der Waals surface area contributed by atoms with Crippen LogP contribution in [0, 0.1) is 6.92 Å². The Labute approximate surface area is 108 Å². The Morgan fingerprint density at radius 1 is 1.41 bits per heavy atom. The Morgan fingerprint density at radius 2 is 2.06 bits per heavy atom. The van der Waals surface area contributed by atoms with Crippen molar-refractivity contribution < 1.29 is 4.42 Å². The number of furan rings is 1. The first-order chi connectivity index (χ1) is 8.08. The second kappa shape index (κ2) is 5.46. The number of thioether (sulfide) groups is 1. The topological polar surface area (TPSA) is 42.4 Å². The fourth-order valence-corrected chi connectivity index (χ4v) is 3.89. The summed E-state index contributed by atoms with van der Waals surface area (Å²) in [5.41, 5.74) is 6.89. The highest BCUT2D eigenvalue weighted by Crippen LogP contribution is 2.26. The van der Waals surface area contributed by atoms with Crippen molar-refractivity contribution >= 4 is 11.8 Å². The third-order valence-electron chi connectivity index (χ3n) is 3.16. The van der Waals surface area contributed by atoms with E-state index in [4.69, 9.17) is 10.2 Å². The molecule has 2 unspecified atom stereocenters. The number of nitrogens with zero attached hydrogens (tertiary/aromatic N) is 1. The van der Waals surface area contributed by atoms with E-state index in [-0.39, 0.29) is 0 Å². The molecule has 1 fully saturated rings. The lowest BCUT2D eigenvalue weighted by Gasteiger charge is -2.34. The van der Waals surface area contributed by atoms with E-state index in [0.717, 1.165) is 41.7 Å². The van der Waals surface area contributed by atoms with Gasteiger partial charge in [-0.05, 0) is 13.0 Å². The molecule has 1 aliphatic rings. The smallest absolute Gasteiger partial charge is 0.118 e. The van der Waals surface area contributed by atoms with E-state index >= 15 is 0 Å². The van der Waals surface area contributed by atoms with Crippen molar-refractivity contribution in [3.8, 4) is 0 Å². The van der Waals surface area contributed by atoms with Crippen molar-refractivity contribution in [1.82, 2.24) is 4.90 Å². The molecule has 0 aliphatic carbocycles. The Kier molecular flexibility index (Phi) is 4.17.